The number of nitrogens with one attached hydrogen (secondary N) is 1. The lowest BCUT2D eigenvalue weighted by molar-refractivity contribution is -0.139. The lowest BCUT2D eigenvalue weighted by Crippen LogP contribution is -2.54. The van der Waals surface area contributed by atoms with Crippen molar-refractivity contribution in [2.45, 2.75) is 19.3 Å². The van der Waals surface area contributed by atoms with E-state index in [0.717, 1.165) is 32.6 Å². The molecule has 5 unspecified atom stereocenters. The minimum Gasteiger partial charge on any atom is -0.342 e. The number of likely N-dealkylation sites (tertiary alicyclic amines) is 1. The SMILES string of the molecule is O=C(C1CC2C=CC1C2)N1CC2CNCC(C2)C1. The van der Waals surface area contributed by atoms with Crippen molar-refractivity contribution in [3.8, 4) is 0 Å². The Kier molecular flexibility index (Phi) is 2.51. The van der Waals surface area contributed by atoms with Crippen molar-refractivity contribution < 1.29 is 4.79 Å². The predicted molar refractivity (Wildman–Crippen MR) is 69.9 cm³/mol. The zero-order valence-corrected chi connectivity index (χ0v) is 10.8. The van der Waals surface area contributed by atoms with Crippen LogP contribution in [0.25, 0.3) is 0 Å². The summed E-state index contributed by atoms with van der Waals surface area (Å²) in [5, 5.41) is 3.49. The number of rotatable bonds is 1. The minimum atomic E-state index is 0.312. The van der Waals surface area contributed by atoms with Gasteiger partial charge >= 0.3 is 0 Å². The summed E-state index contributed by atoms with van der Waals surface area (Å²) >= 11 is 0. The number of hydrogen-bond acceptors (Lipinski definition) is 2. The fourth-order valence-electron chi connectivity index (χ4n) is 4.58. The van der Waals surface area contributed by atoms with Gasteiger partial charge in [-0.2, -0.15) is 0 Å². The zero-order chi connectivity index (χ0) is 12.1. The number of hydrogen-bond donors (Lipinski definition) is 1. The Balaban J connectivity index is 1.47. The van der Waals surface area contributed by atoms with Crippen molar-refractivity contribution in [3.63, 3.8) is 0 Å². The third-order valence-corrected chi connectivity index (χ3v) is 5.40. The molecule has 2 aliphatic heterocycles. The minimum absolute atomic E-state index is 0.312. The molecule has 2 saturated heterocycles. The summed E-state index contributed by atoms with van der Waals surface area (Å²) in [6.45, 7) is 4.22. The molecule has 3 fully saturated rings. The van der Waals surface area contributed by atoms with Gasteiger partial charge in [-0.3, -0.25) is 4.79 Å². The lowest BCUT2D eigenvalue weighted by atomic mass is 9.84. The van der Waals surface area contributed by atoms with E-state index < -0.39 is 0 Å². The van der Waals surface area contributed by atoms with Gasteiger partial charge in [0, 0.05) is 19.0 Å². The van der Waals surface area contributed by atoms with E-state index in [1.54, 1.807) is 0 Å². The maximum Gasteiger partial charge on any atom is 0.226 e. The number of amides is 1. The first kappa shape index (κ1) is 11.0. The zero-order valence-electron chi connectivity index (χ0n) is 10.8. The van der Waals surface area contributed by atoms with Gasteiger partial charge in [0.15, 0.2) is 0 Å². The van der Waals surface area contributed by atoms with Crippen LogP contribution in [0.3, 0.4) is 0 Å². The summed E-state index contributed by atoms with van der Waals surface area (Å²) in [4.78, 5) is 14.9. The molecule has 0 spiro atoms. The second-order valence-corrected chi connectivity index (χ2v) is 6.76. The molecule has 4 bridgehead atoms. The number of fused-ring (bicyclic) bond motifs is 4. The Bertz CT molecular complexity index is 380. The Morgan fingerprint density at radius 2 is 1.83 bits per heavy atom. The number of piperidine rings is 2. The van der Waals surface area contributed by atoms with Crippen LogP contribution in [-0.4, -0.2) is 37.0 Å². The third kappa shape index (κ3) is 1.71. The average molecular weight is 246 g/mol. The molecule has 0 aromatic rings. The summed E-state index contributed by atoms with van der Waals surface area (Å²) in [6.07, 6.45) is 8.29. The largest absolute Gasteiger partial charge is 0.342 e. The van der Waals surface area contributed by atoms with Gasteiger partial charge in [-0.1, -0.05) is 12.2 Å². The van der Waals surface area contributed by atoms with Crippen LogP contribution < -0.4 is 5.32 Å². The molecule has 1 N–H and O–H groups in total. The Morgan fingerprint density at radius 1 is 1.06 bits per heavy atom. The first-order chi connectivity index (χ1) is 8.79. The summed E-state index contributed by atoms with van der Waals surface area (Å²) < 4.78 is 0. The molecule has 1 amide bonds. The molecule has 0 aromatic carbocycles. The molecule has 3 nitrogen and oxygen atoms in total. The highest BCUT2D eigenvalue weighted by atomic mass is 16.2. The van der Waals surface area contributed by atoms with Gasteiger partial charge in [0.2, 0.25) is 5.91 Å². The molecule has 5 atom stereocenters. The first-order valence-electron chi connectivity index (χ1n) is 7.47. The van der Waals surface area contributed by atoms with E-state index >= 15 is 0 Å². The lowest BCUT2D eigenvalue weighted by Gasteiger charge is -2.43. The smallest absolute Gasteiger partial charge is 0.226 e. The topological polar surface area (TPSA) is 32.3 Å². The van der Waals surface area contributed by atoms with Crippen molar-refractivity contribution in [1.29, 1.82) is 0 Å². The second kappa shape index (κ2) is 4.09. The van der Waals surface area contributed by atoms with Crippen molar-refractivity contribution in [1.82, 2.24) is 10.2 Å². The molecule has 4 rings (SSSR count). The van der Waals surface area contributed by atoms with E-state index in [0.29, 0.717) is 35.5 Å². The molecule has 18 heavy (non-hydrogen) atoms. The van der Waals surface area contributed by atoms with Crippen LogP contribution in [0.4, 0.5) is 0 Å². The molecule has 2 aliphatic carbocycles. The van der Waals surface area contributed by atoms with E-state index in [9.17, 15) is 4.79 Å². The molecule has 3 heteroatoms. The fraction of sp³-hybridized carbons (Fsp3) is 0.800. The van der Waals surface area contributed by atoms with Crippen molar-refractivity contribution in [2.75, 3.05) is 26.2 Å². The van der Waals surface area contributed by atoms with E-state index in [-0.39, 0.29) is 0 Å². The van der Waals surface area contributed by atoms with Crippen LogP contribution in [0.1, 0.15) is 19.3 Å². The maximum absolute atomic E-state index is 12.7. The summed E-state index contributed by atoms with van der Waals surface area (Å²) in [6, 6.07) is 0. The van der Waals surface area contributed by atoms with E-state index in [4.69, 9.17) is 0 Å². The van der Waals surface area contributed by atoms with Gasteiger partial charge in [0.1, 0.15) is 0 Å². The van der Waals surface area contributed by atoms with Crippen LogP contribution in [0.15, 0.2) is 12.2 Å². The number of allylic oxidation sites excluding steroid dienone is 2. The van der Waals surface area contributed by atoms with Crippen LogP contribution in [-0.2, 0) is 4.79 Å². The molecule has 98 valence electrons. The van der Waals surface area contributed by atoms with Gasteiger partial charge < -0.3 is 10.2 Å². The highest BCUT2D eigenvalue weighted by Gasteiger charge is 2.43. The number of carbonyl (C=O) groups is 1. The second-order valence-electron chi connectivity index (χ2n) is 6.76. The van der Waals surface area contributed by atoms with E-state index in [1.165, 1.54) is 12.8 Å². The van der Waals surface area contributed by atoms with Crippen LogP contribution in [0, 0.1) is 29.6 Å². The van der Waals surface area contributed by atoms with Gasteiger partial charge in [-0.05, 0) is 56.0 Å². The Morgan fingerprint density at radius 3 is 2.44 bits per heavy atom. The standard InChI is InChI=1S/C15H22N2O/c18-15(14-5-10-1-2-13(14)4-10)17-8-11-3-12(9-17)7-16-6-11/h1-2,10-14,16H,3-9H2. The number of nitrogens with zero attached hydrogens (tertiary/aromatic N) is 1. The van der Waals surface area contributed by atoms with Gasteiger partial charge in [0.05, 0.1) is 0 Å². The van der Waals surface area contributed by atoms with Crippen LogP contribution >= 0.6 is 0 Å². The number of carbonyl (C=O) groups excluding carboxylic acids is 1. The normalized spacial score (nSPS) is 45.6. The molecule has 4 aliphatic rings. The monoisotopic (exact) mass is 246 g/mol. The first-order valence-corrected chi connectivity index (χ1v) is 7.47. The van der Waals surface area contributed by atoms with Gasteiger partial charge in [-0.25, -0.2) is 0 Å². The maximum atomic E-state index is 12.7. The molecule has 0 aromatic heterocycles. The summed E-state index contributed by atoms with van der Waals surface area (Å²) in [7, 11) is 0. The molecular formula is C15H22N2O. The Hall–Kier alpha value is -0.830. The fourth-order valence-corrected chi connectivity index (χ4v) is 4.58. The summed E-state index contributed by atoms with van der Waals surface area (Å²) in [5.74, 6) is 3.44. The van der Waals surface area contributed by atoms with Gasteiger partial charge in [-0.15, -0.1) is 0 Å². The quantitative estimate of drug-likeness (QED) is 0.707. The third-order valence-electron chi connectivity index (χ3n) is 5.40. The van der Waals surface area contributed by atoms with Gasteiger partial charge in [0.25, 0.3) is 0 Å². The van der Waals surface area contributed by atoms with Crippen molar-refractivity contribution in [3.05, 3.63) is 12.2 Å². The van der Waals surface area contributed by atoms with E-state index in [2.05, 4.69) is 22.4 Å². The average Bonchev–Trinajstić information content (AvgIpc) is 2.99. The van der Waals surface area contributed by atoms with Crippen LogP contribution in [0.2, 0.25) is 0 Å². The Labute approximate surface area is 109 Å². The molecule has 0 radical (unpaired) electrons. The van der Waals surface area contributed by atoms with Crippen LogP contribution in [0.5, 0.6) is 0 Å². The van der Waals surface area contributed by atoms with E-state index in [1.807, 2.05) is 0 Å². The molecule has 2 heterocycles. The summed E-state index contributed by atoms with van der Waals surface area (Å²) in [5.41, 5.74) is 0. The highest BCUT2D eigenvalue weighted by Crippen LogP contribution is 2.44. The predicted octanol–water partition coefficient (Wildman–Crippen LogP) is 1.27. The van der Waals surface area contributed by atoms with Crippen molar-refractivity contribution in [2.24, 2.45) is 29.6 Å². The highest BCUT2D eigenvalue weighted by molar-refractivity contribution is 5.80. The molecular weight excluding hydrogens is 224 g/mol. The molecule has 1 saturated carbocycles. The van der Waals surface area contributed by atoms with Crippen molar-refractivity contribution >= 4 is 5.91 Å².